The second-order valence-electron chi connectivity index (χ2n) is 5.24. The third-order valence-electron chi connectivity index (χ3n) is 3.07. The molecule has 0 atom stereocenters. The highest BCUT2D eigenvalue weighted by atomic mass is 16.5. The van der Waals surface area contributed by atoms with E-state index in [0.29, 0.717) is 6.42 Å². The zero-order valence-electron chi connectivity index (χ0n) is 11.7. The molecule has 18 heavy (non-hydrogen) atoms. The monoisotopic (exact) mass is 249 g/mol. The van der Waals surface area contributed by atoms with Crippen molar-refractivity contribution in [2.75, 3.05) is 20.2 Å². The number of hydrogen-bond acceptors (Lipinski definition) is 3. The molecule has 0 aliphatic rings. The van der Waals surface area contributed by atoms with E-state index in [1.165, 1.54) is 5.56 Å². The average Bonchev–Trinajstić information content (AvgIpc) is 2.34. The lowest BCUT2D eigenvalue weighted by atomic mass is 9.84. The number of nitrogens with one attached hydrogen (secondary N) is 1. The number of ether oxygens (including phenoxy) is 1. The van der Waals surface area contributed by atoms with Crippen LogP contribution in [0.5, 0.6) is 5.75 Å². The van der Waals surface area contributed by atoms with Gasteiger partial charge in [0.1, 0.15) is 11.5 Å². The fourth-order valence-corrected chi connectivity index (χ4v) is 1.81. The van der Waals surface area contributed by atoms with E-state index in [0.717, 1.165) is 18.8 Å². The molecule has 3 heteroatoms. The van der Waals surface area contributed by atoms with Crippen LogP contribution in [0.15, 0.2) is 24.3 Å². The van der Waals surface area contributed by atoms with Gasteiger partial charge < -0.3 is 10.1 Å². The van der Waals surface area contributed by atoms with E-state index >= 15 is 0 Å². The quantitative estimate of drug-likeness (QED) is 0.755. The average molecular weight is 249 g/mol. The maximum absolute atomic E-state index is 10.9. The fraction of sp³-hybridized carbons (Fsp3) is 0.533. The van der Waals surface area contributed by atoms with Crippen molar-refractivity contribution in [1.29, 1.82) is 0 Å². The Kier molecular flexibility index (Phi) is 5.35. The van der Waals surface area contributed by atoms with Crippen LogP contribution in [0.2, 0.25) is 0 Å². The molecule has 0 spiro atoms. The summed E-state index contributed by atoms with van der Waals surface area (Å²) in [5.74, 6) is 1.10. The Labute approximate surface area is 110 Å². The van der Waals surface area contributed by atoms with Gasteiger partial charge in [-0.15, -0.1) is 0 Å². The topological polar surface area (TPSA) is 38.3 Å². The van der Waals surface area contributed by atoms with Gasteiger partial charge in [0.15, 0.2) is 0 Å². The lowest BCUT2D eigenvalue weighted by Gasteiger charge is -2.26. The SMILES string of the molecule is COc1cccc(C(C)(C)CNCCC(C)=O)c1. The highest BCUT2D eigenvalue weighted by Crippen LogP contribution is 2.25. The zero-order chi connectivity index (χ0) is 13.6. The van der Waals surface area contributed by atoms with E-state index in [9.17, 15) is 4.79 Å². The van der Waals surface area contributed by atoms with Crippen LogP contribution in [0, 0.1) is 0 Å². The summed E-state index contributed by atoms with van der Waals surface area (Å²) < 4.78 is 5.24. The molecule has 1 aromatic carbocycles. The number of carbonyl (C=O) groups is 1. The first kappa shape index (κ1) is 14.7. The van der Waals surface area contributed by atoms with Gasteiger partial charge in [0, 0.05) is 24.9 Å². The third kappa shape index (κ3) is 4.49. The molecule has 0 heterocycles. The van der Waals surface area contributed by atoms with Crippen LogP contribution in [0.4, 0.5) is 0 Å². The van der Waals surface area contributed by atoms with Crippen LogP contribution in [-0.2, 0) is 10.2 Å². The van der Waals surface area contributed by atoms with Crippen molar-refractivity contribution in [3.8, 4) is 5.75 Å². The zero-order valence-corrected chi connectivity index (χ0v) is 11.7. The second kappa shape index (κ2) is 6.55. The van der Waals surface area contributed by atoms with Crippen LogP contribution in [0.1, 0.15) is 32.8 Å². The Morgan fingerprint density at radius 2 is 2.11 bits per heavy atom. The molecule has 0 fully saturated rings. The number of hydrogen-bond donors (Lipinski definition) is 1. The summed E-state index contributed by atoms with van der Waals surface area (Å²) >= 11 is 0. The molecule has 0 radical (unpaired) electrons. The van der Waals surface area contributed by atoms with Gasteiger partial charge in [-0.2, -0.15) is 0 Å². The van der Waals surface area contributed by atoms with E-state index in [2.05, 4.69) is 31.3 Å². The Hall–Kier alpha value is -1.35. The summed E-state index contributed by atoms with van der Waals surface area (Å²) in [7, 11) is 1.68. The molecule has 0 amide bonds. The minimum absolute atomic E-state index is 0.0192. The van der Waals surface area contributed by atoms with Gasteiger partial charge in [0.25, 0.3) is 0 Å². The van der Waals surface area contributed by atoms with Crippen molar-refractivity contribution in [3.05, 3.63) is 29.8 Å². The van der Waals surface area contributed by atoms with Gasteiger partial charge in [-0.25, -0.2) is 0 Å². The first-order valence-electron chi connectivity index (χ1n) is 6.30. The van der Waals surface area contributed by atoms with Crippen molar-refractivity contribution in [2.24, 2.45) is 0 Å². The molecule has 1 aromatic rings. The summed E-state index contributed by atoms with van der Waals surface area (Å²) in [6.45, 7) is 7.57. The van der Waals surface area contributed by atoms with Gasteiger partial charge in [-0.05, 0) is 24.6 Å². The van der Waals surface area contributed by atoms with Crippen LogP contribution in [0.25, 0.3) is 0 Å². The van der Waals surface area contributed by atoms with Gasteiger partial charge in [0.2, 0.25) is 0 Å². The van der Waals surface area contributed by atoms with Gasteiger partial charge in [-0.3, -0.25) is 4.79 Å². The smallest absolute Gasteiger partial charge is 0.131 e. The van der Waals surface area contributed by atoms with Crippen molar-refractivity contribution < 1.29 is 9.53 Å². The lowest BCUT2D eigenvalue weighted by molar-refractivity contribution is -0.116. The van der Waals surface area contributed by atoms with Crippen molar-refractivity contribution in [3.63, 3.8) is 0 Å². The van der Waals surface area contributed by atoms with Crippen molar-refractivity contribution in [1.82, 2.24) is 5.32 Å². The summed E-state index contributed by atoms with van der Waals surface area (Å²) in [4.78, 5) is 10.9. The summed E-state index contributed by atoms with van der Waals surface area (Å²) in [6, 6.07) is 8.12. The van der Waals surface area contributed by atoms with E-state index in [-0.39, 0.29) is 11.2 Å². The second-order valence-corrected chi connectivity index (χ2v) is 5.24. The van der Waals surface area contributed by atoms with Crippen LogP contribution < -0.4 is 10.1 Å². The van der Waals surface area contributed by atoms with E-state index < -0.39 is 0 Å². The molecule has 100 valence electrons. The first-order chi connectivity index (χ1) is 8.45. The predicted octanol–water partition coefficient (Wildman–Crippen LogP) is 2.54. The molecule has 3 nitrogen and oxygen atoms in total. The number of Topliss-reactive ketones (excluding diaryl/α,β-unsaturated/α-hetero) is 1. The van der Waals surface area contributed by atoms with E-state index in [1.54, 1.807) is 14.0 Å². The Morgan fingerprint density at radius 3 is 2.72 bits per heavy atom. The highest BCUT2D eigenvalue weighted by molar-refractivity contribution is 5.75. The van der Waals surface area contributed by atoms with Gasteiger partial charge in [-0.1, -0.05) is 26.0 Å². The summed E-state index contributed by atoms with van der Waals surface area (Å²) in [5, 5.41) is 3.33. The normalized spacial score (nSPS) is 11.3. The molecule has 0 aliphatic heterocycles. The van der Waals surface area contributed by atoms with Crippen molar-refractivity contribution in [2.45, 2.75) is 32.6 Å². The molecule has 1 rings (SSSR count). The van der Waals surface area contributed by atoms with Crippen LogP contribution in [0.3, 0.4) is 0 Å². The minimum Gasteiger partial charge on any atom is -0.497 e. The third-order valence-corrected chi connectivity index (χ3v) is 3.07. The molecular weight excluding hydrogens is 226 g/mol. The summed E-state index contributed by atoms with van der Waals surface area (Å²) in [5.41, 5.74) is 1.25. The first-order valence-corrected chi connectivity index (χ1v) is 6.30. The predicted molar refractivity (Wildman–Crippen MR) is 74.2 cm³/mol. The Balaban J connectivity index is 2.58. The van der Waals surface area contributed by atoms with Crippen molar-refractivity contribution >= 4 is 5.78 Å². The molecule has 0 bridgehead atoms. The summed E-state index contributed by atoms with van der Waals surface area (Å²) in [6.07, 6.45) is 0.591. The van der Waals surface area contributed by atoms with Crippen LogP contribution in [-0.4, -0.2) is 26.0 Å². The highest BCUT2D eigenvalue weighted by Gasteiger charge is 2.20. The maximum Gasteiger partial charge on any atom is 0.131 e. The van der Waals surface area contributed by atoms with Gasteiger partial charge in [0.05, 0.1) is 7.11 Å². The van der Waals surface area contributed by atoms with Crippen LogP contribution >= 0.6 is 0 Å². The maximum atomic E-state index is 10.9. The Bertz CT molecular complexity index is 399. The standard InChI is InChI=1S/C15H23NO2/c1-12(17)8-9-16-11-15(2,3)13-6-5-7-14(10-13)18-4/h5-7,10,16H,8-9,11H2,1-4H3. The number of benzene rings is 1. The largest absolute Gasteiger partial charge is 0.497 e. The minimum atomic E-state index is 0.0192. The fourth-order valence-electron chi connectivity index (χ4n) is 1.81. The molecule has 0 unspecified atom stereocenters. The number of rotatable bonds is 7. The molecule has 0 aliphatic carbocycles. The Morgan fingerprint density at radius 1 is 1.39 bits per heavy atom. The molecule has 0 saturated carbocycles. The molecule has 0 aromatic heterocycles. The molecule has 1 N–H and O–H groups in total. The lowest BCUT2D eigenvalue weighted by Crippen LogP contribution is -2.34. The number of ketones is 1. The van der Waals surface area contributed by atoms with E-state index in [1.807, 2.05) is 12.1 Å². The van der Waals surface area contributed by atoms with Gasteiger partial charge >= 0.3 is 0 Å². The number of carbonyl (C=O) groups excluding carboxylic acids is 1. The molecular formula is C15H23NO2. The number of methoxy groups -OCH3 is 1. The van der Waals surface area contributed by atoms with E-state index in [4.69, 9.17) is 4.74 Å². The molecule has 0 saturated heterocycles.